The molecule has 0 fully saturated rings. The number of nitrogens with zero attached hydrogens (tertiary/aromatic N) is 3. The zero-order valence-corrected chi connectivity index (χ0v) is 20.4. The average Bonchev–Trinajstić information content (AvgIpc) is 3.13. The highest BCUT2D eigenvalue weighted by Gasteiger charge is 2.27. The highest BCUT2D eigenvalue weighted by molar-refractivity contribution is 5.93. The van der Waals surface area contributed by atoms with Gasteiger partial charge in [0.05, 0.1) is 27.2 Å². The van der Waals surface area contributed by atoms with Crippen molar-refractivity contribution in [2.45, 2.75) is 25.8 Å². The first-order chi connectivity index (χ1) is 17.5. The molecule has 0 saturated heterocycles. The van der Waals surface area contributed by atoms with E-state index in [0.29, 0.717) is 37.4 Å². The molecular formula is C27H29N3O6. The summed E-state index contributed by atoms with van der Waals surface area (Å²) in [5, 5.41) is 0. The van der Waals surface area contributed by atoms with Crippen LogP contribution in [0.3, 0.4) is 0 Å². The molecule has 1 aliphatic rings. The van der Waals surface area contributed by atoms with Crippen LogP contribution in [-0.4, -0.2) is 60.2 Å². The van der Waals surface area contributed by atoms with E-state index in [-0.39, 0.29) is 42.4 Å². The van der Waals surface area contributed by atoms with E-state index < -0.39 is 5.97 Å². The van der Waals surface area contributed by atoms with Crippen LogP contribution in [0, 0.1) is 0 Å². The van der Waals surface area contributed by atoms with Crippen LogP contribution in [0.4, 0.5) is 0 Å². The van der Waals surface area contributed by atoms with Gasteiger partial charge in [-0.05, 0) is 29.8 Å². The lowest BCUT2D eigenvalue weighted by atomic mass is 10.1. The molecule has 0 spiro atoms. The molecule has 4 rings (SSSR count). The Kier molecular flexibility index (Phi) is 7.99. The molecule has 0 unspecified atom stereocenters. The van der Waals surface area contributed by atoms with Gasteiger partial charge in [-0.2, -0.15) is 0 Å². The van der Waals surface area contributed by atoms with Crippen molar-refractivity contribution in [3.63, 3.8) is 0 Å². The van der Waals surface area contributed by atoms with Gasteiger partial charge in [0.25, 0.3) is 5.56 Å². The first-order valence-electron chi connectivity index (χ1n) is 11.8. The van der Waals surface area contributed by atoms with Crippen molar-refractivity contribution >= 4 is 11.9 Å². The molecule has 0 saturated carbocycles. The molecule has 0 atom stereocenters. The highest BCUT2D eigenvalue weighted by Crippen LogP contribution is 2.24. The molecule has 36 heavy (non-hydrogen) atoms. The first kappa shape index (κ1) is 25.0. The van der Waals surface area contributed by atoms with Crippen LogP contribution in [0.2, 0.25) is 0 Å². The Bertz CT molecular complexity index is 1290. The Morgan fingerprint density at radius 1 is 1.03 bits per heavy atom. The van der Waals surface area contributed by atoms with E-state index in [9.17, 15) is 14.4 Å². The molecule has 188 valence electrons. The van der Waals surface area contributed by atoms with Crippen molar-refractivity contribution in [1.29, 1.82) is 0 Å². The number of methoxy groups -OCH3 is 2. The Hall–Kier alpha value is -4.14. The standard InChI is InChI=1S/C27H29N3O6/c1-34-21-8-5-6-19(16-21)17-24(31)29-12-9-22-26(27(33)35-2)23(18-25(32)30(22)14-13-29)36-15-10-20-7-3-4-11-28-20/h3-8,11,16,18H,9-10,12-15,17H2,1-2H3. The molecule has 1 amide bonds. The lowest BCUT2D eigenvalue weighted by Gasteiger charge is -2.20. The van der Waals surface area contributed by atoms with E-state index >= 15 is 0 Å². The van der Waals surface area contributed by atoms with Crippen LogP contribution < -0.4 is 15.0 Å². The van der Waals surface area contributed by atoms with Gasteiger partial charge in [0, 0.05) is 56.1 Å². The fourth-order valence-corrected chi connectivity index (χ4v) is 4.32. The van der Waals surface area contributed by atoms with Crippen LogP contribution in [-0.2, 0) is 35.3 Å². The third-order valence-electron chi connectivity index (χ3n) is 6.17. The van der Waals surface area contributed by atoms with E-state index in [1.54, 1.807) is 18.2 Å². The monoisotopic (exact) mass is 491 g/mol. The summed E-state index contributed by atoms with van der Waals surface area (Å²) >= 11 is 0. The van der Waals surface area contributed by atoms with Crippen LogP contribution in [0.1, 0.15) is 27.3 Å². The molecule has 0 N–H and O–H groups in total. The Morgan fingerprint density at radius 3 is 2.64 bits per heavy atom. The third kappa shape index (κ3) is 5.73. The predicted molar refractivity (Wildman–Crippen MR) is 132 cm³/mol. The minimum Gasteiger partial charge on any atom is -0.497 e. The van der Waals surface area contributed by atoms with Crippen LogP contribution in [0.15, 0.2) is 59.5 Å². The number of rotatable bonds is 8. The average molecular weight is 492 g/mol. The topological polar surface area (TPSA) is 100.0 Å². The summed E-state index contributed by atoms with van der Waals surface area (Å²) in [5.41, 5.74) is 2.14. The highest BCUT2D eigenvalue weighted by atomic mass is 16.5. The Balaban J connectivity index is 1.53. The molecule has 2 aromatic heterocycles. The van der Waals surface area contributed by atoms with Gasteiger partial charge >= 0.3 is 5.97 Å². The summed E-state index contributed by atoms with van der Waals surface area (Å²) in [6, 6.07) is 14.3. The van der Waals surface area contributed by atoms with Gasteiger partial charge in [-0.1, -0.05) is 18.2 Å². The van der Waals surface area contributed by atoms with Crippen LogP contribution in [0.25, 0.3) is 0 Å². The third-order valence-corrected chi connectivity index (χ3v) is 6.17. The molecule has 0 aliphatic carbocycles. The second-order valence-electron chi connectivity index (χ2n) is 8.39. The minimum atomic E-state index is -0.581. The number of fused-ring (bicyclic) bond motifs is 1. The van der Waals surface area contributed by atoms with Gasteiger partial charge in [-0.25, -0.2) is 4.79 Å². The summed E-state index contributed by atoms with van der Waals surface area (Å²) in [6.07, 6.45) is 2.76. The first-order valence-corrected chi connectivity index (χ1v) is 11.8. The van der Waals surface area contributed by atoms with Gasteiger partial charge in [-0.3, -0.25) is 14.6 Å². The maximum Gasteiger partial charge on any atom is 0.343 e. The number of carbonyl (C=O) groups excluding carboxylic acids is 2. The number of esters is 1. The van der Waals surface area contributed by atoms with Gasteiger partial charge in [0.15, 0.2) is 0 Å². The number of carbonyl (C=O) groups is 2. The smallest absolute Gasteiger partial charge is 0.343 e. The maximum absolute atomic E-state index is 13.0. The maximum atomic E-state index is 13.0. The number of aromatic nitrogens is 2. The normalized spacial score (nSPS) is 12.9. The molecule has 9 heteroatoms. The predicted octanol–water partition coefficient (Wildman–Crippen LogP) is 2.29. The van der Waals surface area contributed by atoms with Crippen LogP contribution in [0.5, 0.6) is 11.5 Å². The van der Waals surface area contributed by atoms with E-state index in [1.165, 1.54) is 17.7 Å². The molecule has 3 heterocycles. The van der Waals surface area contributed by atoms with Crippen LogP contribution >= 0.6 is 0 Å². The summed E-state index contributed by atoms with van der Waals surface area (Å²) < 4.78 is 17.7. The summed E-state index contributed by atoms with van der Waals surface area (Å²) in [4.78, 5) is 44.8. The minimum absolute atomic E-state index is 0.0597. The SMILES string of the molecule is COC(=O)c1c(OCCc2ccccn2)cc(=O)n2c1CCN(C(=O)Cc1cccc(OC)c1)CC2. The van der Waals surface area contributed by atoms with Gasteiger partial charge in [0.2, 0.25) is 5.91 Å². The summed E-state index contributed by atoms with van der Waals surface area (Å²) in [5.74, 6) is 0.233. The lowest BCUT2D eigenvalue weighted by molar-refractivity contribution is -0.130. The Morgan fingerprint density at radius 2 is 1.89 bits per heavy atom. The summed E-state index contributed by atoms with van der Waals surface area (Å²) in [7, 11) is 2.88. The number of pyridine rings is 2. The molecule has 9 nitrogen and oxygen atoms in total. The van der Waals surface area contributed by atoms with E-state index in [2.05, 4.69) is 4.98 Å². The molecule has 3 aromatic rings. The molecule has 1 aliphatic heterocycles. The second kappa shape index (κ2) is 11.5. The number of hydrogen-bond acceptors (Lipinski definition) is 7. The van der Waals surface area contributed by atoms with Crippen molar-refractivity contribution in [2.75, 3.05) is 33.9 Å². The van der Waals surface area contributed by atoms with E-state index in [1.807, 2.05) is 42.5 Å². The van der Waals surface area contributed by atoms with Crippen molar-refractivity contribution < 1.29 is 23.8 Å². The number of ether oxygens (including phenoxy) is 3. The number of hydrogen-bond donors (Lipinski definition) is 0. The van der Waals surface area contributed by atoms with Crippen molar-refractivity contribution in [3.05, 3.63) is 87.6 Å². The number of benzene rings is 1. The molecule has 0 bridgehead atoms. The largest absolute Gasteiger partial charge is 0.497 e. The second-order valence-corrected chi connectivity index (χ2v) is 8.39. The molecule has 1 aromatic carbocycles. The zero-order valence-electron chi connectivity index (χ0n) is 20.4. The molecular weight excluding hydrogens is 462 g/mol. The Labute approximate surface area is 209 Å². The summed E-state index contributed by atoms with van der Waals surface area (Å²) in [6.45, 7) is 1.24. The van der Waals surface area contributed by atoms with Crippen molar-refractivity contribution in [3.8, 4) is 11.5 Å². The fourth-order valence-electron chi connectivity index (χ4n) is 4.32. The fraction of sp³-hybridized carbons (Fsp3) is 0.333. The van der Waals surface area contributed by atoms with E-state index in [0.717, 1.165) is 11.3 Å². The lowest BCUT2D eigenvalue weighted by Crippen LogP contribution is -2.35. The molecule has 0 radical (unpaired) electrons. The van der Waals surface area contributed by atoms with Crippen molar-refractivity contribution in [1.82, 2.24) is 14.5 Å². The van der Waals surface area contributed by atoms with Crippen molar-refractivity contribution in [2.24, 2.45) is 0 Å². The number of amides is 1. The van der Waals surface area contributed by atoms with E-state index in [4.69, 9.17) is 14.2 Å². The van der Waals surface area contributed by atoms with Gasteiger partial charge in [-0.15, -0.1) is 0 Å². The van der Waals surface area contributed by atoms with Gasteiger partial charge in [0.1, 0.15) is 17.1 Å². The van der Waals surface area contributed by atoms with Gasteiger partial charge < -0.3 is 23.7 Å². The quantitative estimate of drug-likeness (QED) is 0.446. The zero-order chi connectivity index (χ0) is 25.5.